The minimum Gasteiger partial charge on any atom is -0.647 e. The summed E-state index contributed by atoms with van der Waals surface area (Å²) in [4.78, 5) is 8.05. The lowest BCUT2D eigenvalue weighted by Crippen LogP contribution is -2.39. The van der Waals surface area contributed by atoms with Gasteiger partial charge in [-0.3, -0.25) is 4.99 Å². The largest absolute Gasteiger partial charge is 0.647 e. The third-order valence-corrected chi connectivity index (χ3v) is 9.14. The molecule has 1 aromatic heterocycles. The predicted molar refractivity (Wildman–Crippen MR) is 169 cm³/mol. The standard InChI is InChI=1S/C36H26N3S/c1-3-13-24(14-4-1)30-23-37-34(25-15-5-2-6-16-25)35(38-30)39-31-21-11-9-18-27(31)26-17-7-8-19-28(26)33-29-20-10-12-22-32(29)40-36(33)39/h1-22,34-35H,23H2/q-1. The highest BCUT2D eigenvalue weighted by atomic mass is 32.1. The molecule has 0 radical (unpaired) electrons. The van der Waals surface area contributed by atoms with E-state index in [9.17, 15) is 0 Å². The maximum absolute atomic E-state index is 5.56. The fourth-order valence-corrected chi connectivity index (χ4v) is 7.42. The van der Waals surface area contributed by atoms with Gasteiger partial charge in [-0.1, -0.05) is 133 Å². The smallest absolute Gasteiger partial charge is 0.114 e. The van der Waals surface area contributed by atoms with Crippen LogP contribution in [0.25, 0.3) is 37.7 Å². The molecule has 3 nitrogen and oxygen atoms in total. The Bertz CT molecular complexity index is 1870. The minimum absolute atomic E-state index is 0.110. The maximum Gasteiger partial charge on any atom is 0.114 e. The van der Waals surface area contributed by atoms with Crippen LogP contribution in [0.5, 0.6) is 0 Å². The van der Waals surface area contributed by atoms with Crippen LogP contribution >= 0.6 is 11.3 Å². The summed E-state index contributed by atoms with van der Waals surface area (Å²) < 4.78 is 1.28. The molecule has 2 aliphatic rings. The first-order chi connectivity index (χ1) is 19.9. The Morgan fingerprint density at radius 3 is 2.12 bits per heavy atom. The summed E-state index contributed by atoms with van der Waals surface area (Å²) in [7, 11) is 0. The molecule has 192 valence electrons. The van der Waals surface area contributed by atoms with Gasteiger partial charge in [0.05, 0.1) is 5.69 Å². The van der Waals surface area contributed by atoms with E-state index in [0.717, 1.165) is 11.3 Å². The Morgan fingerprint density at radius 2 is 1.30 bits per heavy atom. The number of anilines is 2. The zero-order valence-electron chi connectivity index (χ0n) is 21.8. The van der Waals surface area contributed by atoms with Gasteiger partial charge in [0, 0.05) is 26.9 Å². The van der Waals surface area contributed by atoms with Crippen LogP contribution in [-0.4, -0.2) is 18.4 Å². The van der Waals surface area contributed by atoms with E-state index in [1.807, 2.05) is 11.3 Å². The predicted octanol–water partition coefficient (Wildman–Crippen LogP) is 9.63. The van der Waals surface area contributed by atoms with Gasteiger partial charge in [0.1, 0.15) is 11.2 Å². The number of rotatable bonds is 3. The molecule has 0 N–H and O–H groups in total. The van der Waals surface area contributed by atoms with Gasteiger partial charge in [-0.25, -0.2) is 0 Å². The van der Waals surface area contributed by atoms with E-state index in [4.69, 9.17) is 10.3 Å². The number of hydrogen-bond donors (Lipinski definition) is 0. The molecule has 0 fully saturated rings. The molecule has 8 rings (SSSR count). The highest BCUT2D eigenvalue weighted by Crippen LogP contribution is 2.56. The van der Waals surface area contributed by atoms with E-state index in [-0.39, 0.29) is 12.2 Å². The normalized spacial score (nSPS) is 17.9. The van der Waals surface area contributed by atoms with Crippen molar-refractivity contribution in [3.05, 3.63) is 150 Å². The van der Waals surface area contributed by atoms with Gasteiger partial charge in [-0.05, 0) is 28.8 Å². The molecule has 0 saturated carbocycles. The van der Waals surface area contributed by atoms with Crippen LogP contribution in [0.2, 0.25) is 0 Å². The van der Waals surface area contributed by atoms with Gasteiger partial charge in [-0.15, -0.1) is 17.9 Å². The van der Waals surface area contributed by atoms with E-state index < -0.39 is 0 Å². The van der Waals surface area contributed by atoms with E-state index in [1.165, 1.54) is 48.6 Å². The van der Waals surface area contributed by atoms with Crippen LogP contribution in [-0.2, 0) is 0 Å². The number of fused-ring (bicyclic) bond motifs is 7. The molecular formula is C36H26N3S-. The van der Waals surface area contributed by atoms with Crippen LogP contribution in [0.4, 0.5) is 10.7 Å². The summed E-state index contributed by atoms with van der Waals surface area (Å²) in [5.41, 5.74) is 9.53. The molecule has 5 aromatic carbocycles. The van der Waals surface area contributed by atoms with Crippen molar-refractivity contribution in [3.8, 4) is 22.3 Å². The number of para-hydroxylation sites is 1. The Morgan fingerprint density at radius 1 is 0.650 bits per heavy atom. The average Bonchev–Trinajstić information content (AvgIpc) is 3.36. The van der Waals surface area contributed by atoms with Crippen LogP contribution in [0.15, 0.2) is 138 Å². The van der Waals surface area contributed by atoms with Crippen molar-refractivity contribution >= 4 is 37.8 Å². The molecule has 40 heavy (non-hydrogen) atoms. The molecule has 3 heterocycles. The second kappa shape index (κ2) is 9.60. The van der Waals surface area contributed by atoms with Gasteiger partial charge in [-0.2, -0.15) is 0 Å². The Kier molecular flexibility index (Phi) is 5.61. The van der Waals surface area contributed by atoms with Crippen molar-refractivity contribution in [1.82, 2.24) is 0 Å². The molecular weight excluding hydrogens is 506 g/mol. The van der Waals surface area contributed by atoms with Crippen LogP contribution in [0, 0.1) is 0 Å². The van der Waals surface area contributed by atoms with Crippen molar-refractivity contribution in [2.24, 2.45) is 4.99 Å². The van der Waals surface area contributed by atoms with E-state index >= 15 is 0 Å². The van der Waals surface area contributed by atoms with Crippen molar-refractivity contribution in [2.75, 3.05) is 11.4 Å². The van der Waals surface area contributed by atoms with E-state index in [0.29, 0.717) is 6.54 Å². The average molecular weight is 533 g/mol. The van der Waals surface area contributed by atoms with Gasteiger partial charge < -0.3 is 10.2 Å². The highest BCUT2D eigenvalue weighted by molar-refractivity contribution is 7.23. The summed E-state index contributed by atoms with van der Waals surface area (Å²) in [6.07, 6.45) is -0.242. The summed E-state index contributed by atoms with van der Waals surface area (Å²) in [6.45, 7) is 0.592. The second-order valence-electron chi connectivity index (χ2n) is 10.3. The first-order valence-electron chi connectivity index (χ1n) is 13.7. The Labute approximate surface area is 238 Å². The Balaban J connectivity index is 1.44. The minimum atomic E-state index is -0.242. The fraction of sp³-hybridized carbons (Fsp3) is 0.0833. The van der Waals surface area contributed by atoms with Crippen molar-refractivity contribution in [1.29, 1.82) is 0 Å². The molecule has 0 aliphatic carbocycles. The first-order valence-corrected chi connectivity index (χ1v) is 14.5. The monoisotopic (exact) mass is 532 g/mol. The number of hydrogen-bond acceptors (Lipinski definition) is 3. The molecule has 6 aromatic rings. The molecule has 2 aliphatic heterocycles. The topological polar surface area (TPSA) is 29.7 Å². The number of aliphatic imine (C=N–C) groups is 1. The Hall–Kier alpha value is -4.51. The molecule has 2 unspecified atom stereocenters. The van der Waals surface area contributed by atoms with Crippen LogP contribution < -0.4 is 4.90 Å². The molecule has 0 saturated heterocycles. The first kappa shape index (κ1) is 23.4. The zero-order valence-corrected chi connectivity index (χ0v) is 22.6. The fourth-order valence-electron chi connectivity index (χ4n) is 6.16. The van der Waals surface area contributed by atoms with Crippen molar-refractivity contribution in [3.63, 3.8) is 0 Å². The lowest BCUT2D eigenvalue weighted by Gasteiger charge is -2.47. The third-order valence-electron chi connectivity index (χ3n) is 7.97. The lowest BCUT2D eigenvalue weighted by molar-refractivity contribution is 0.586. The van der Waals surface area contributed by atoms with E-state index in [2.05, 4.69) is 138 Å². The lowest BCUT2D eigenvalue weighted by atomic mass is 9.94. The highest BCUT2D eigenvalue weighted by Gasteiger charge is 2.35. The molecule has 2 atom stereocenters. The summed E-state index contributed by atoms with van der Waals surface area (Å²) >= 11 is 1.85. The molecule has 0 bridgehead atoms. The van der Waals surface area contributed by atoms with Crippen molar-refractivity contribution in [2.45, 2.75) is 12.2 Å². The van der Waals surface area contributed by atoms with Gasteiger partial charge >= 0.3 is 0 Å². The molecule has 0 spiro atoms. The van der Waals surface area contributed by atoms with Crippen LogP contribution in [0.3, 0.4) is 0 Å². The summed E-state index contributed by atoms with van der Waals surface area (Å²) in [5, 5.41) is 7.83. The molecule has 4 heteroatoms. The zero-order chi connectivity index (χ0) is 26.5. The third kappa shape index (κ3) is 3.72. The quantitative estimate of drug-likeness (QED) is 0.223. The summed E-state index contributed by atoms with van der Waals surface area (Å²) in [6, 6.07) is 47.5. The van der Waals surface area contributed by atoms with Gasteiger partial charge in [0.25, 0.3) is 0 Å². The van der Waals surface area contributed by atoms with Crippen molar-refractivity contribution < 1.29 is 0 Å². The van der Waals surface area contributed by atoms with Crippen LogP contribution in [0.1, 0.15) is 17.2 Å². The maximum atomic E-state index is 5.56. The van der Waals surface area contributed by atoms with Gasteiger partial charge in [0.15, 0.2) is 0 Å². The molecule has 0 amide bonds. The second-order valence-corrected chi connectivity index (χ2v) is 11.3. The number of nitrogens with zero attached hydrogens (tertiary/aromatic N) is 3. The van der Waals surface area contributed by atoms with Gasteiger partial charge in [0.2, 0.25) is 0 Å². The van der Waals surface area contributed by atoms with E-state index in [1.54, 1.807) is 0 Å². The summed E-state index contributed by atoms with van der Waals surface area (Å²) in [5.74, 6) is 0. The number of benzene rings is 5. The SMILES string of the molecule is c1ccc(C2=NC(N3c4ccccc4-c4ccccc4-c4c3sc3ccccc43)C(c3ccccc3)[N-]C2)cc1. The number of thiophene rings is 1.